The van der Waals surface area contributed by atoms with Crippen LogP contribution in [0.4, 0.5) is 4.39 Å². The van der Waals surface area contributed by atoms with E-state index in [4.69, 9.17) is 17.3 Å². The van der Waals surface area contributed by atoms with E-state index in [2.05, 4.69) is 0 Å². The van der Waals surface area contributed by atoms with Gasteiger partial charge in [-0.2, -0.15) is 0 Å². The zero-order valence-electron chi connectivity index (χ0n) is 11.7. The fourth-order valence-electron chi connectivity index (χ4n) is 2.70. The molecule has 5 heteroatoms. The standard InChI is InChI=1S/C15H20ClFN2O/c1-10-7-13(16)12(8-14(10)17)15(20)19-6-2-3-11(9-19)4-5-18/h7-8,11H,2-6,9,18H2,1H3. The number of halogens is 2. The highest BCUT2D eigenvalue weighted by atomic mass is 35.5. The quantitative estimate of drug-likeness (QED) is 0.932. The Bertz CT molecular complexity index is 505. The molecule has 1 amide bonds. The maximum Gasteiger partial charge on any atom is 0.255 e. The monoisotopic (exact) mass is 298 g/mol. The van der Waals surface area contributed by atoms with Crippen LogP contribution in [0, 0.1) is 18.7 Å². The number of aryl methyl sites for hydroxylation is 1. The highest BCUT2D eigenvalue weighted by Crippen LogP contribution is 2.25. The smallest absolute Gasteiger partial charge is 0.255 e. The number of nitrogens with two attached hydrogens (primary N) is 1. The Morgan fingerprint density at radius 2 is 2.30 bits per heavy atom. The highest BCUT2D eigenvalue weighted by molar-refractivity contribution is 6.33. The highest BCUT2D eigenvalue weighted by Gasteiger charge is 2.25. The van der Waals surface area contributed by atoms with Gasteiger partial charge in [-0.05, 0) is 56.3 Å². The van der Waals surface area contributed by atoms with Crippen molar-refractivity contribution in [3.8, 4) is 0 Å². The molecule has 1 aromatic rings. The first-order valence-corrected chi connectivity index (χ1v) is 7.35. The number of hydrogen-bond acceptors (Lipinski definition) is 2. The van der Waals surface area contributed by atoms with Gasteiger partial charge in [0.05, 0.1) is 10.6 Å². The molecule has 1 aliphatic heterocycles. The van der Waals surface area contributed by atoms with Crippen LogP contribution in [0.5, 0.6) is 0 Å². The van der Waals surface area contributed by atoms with Crippen molar-refractivity contribution in [3.05, 3.63) is 34.1 Å². The third-order valence-corrected chi connectivity index (χ3v) is 4.17. The lowest BCUT2D eigenvalue weighted by atomic mass is 9.94. The lowest BCUT2D eigenvalue weighted by Crippen LogP contribution is -2.40. The molecule has 0 radical (unpaired) electrons. The maximum absolute atomic E-state index is 13.6. The van der Waals surface area contributed by atoms with Gasteiger partial charge in [-0.25, -0.2) is 4.39 Å². The molecule has 0 spiro atoms. The number of carbonyl (C=O) groups excluding carboxylic acids is 1. The SMILES string of the molecule is Cc1cc(Cl)c(C(=O)N2CCCC(CCN)C2)cc1F. The summed E-state index contributed by atoms with van der Waals surface area (Å²) >= 11 is 6.08. The van der Waals surface area contributed by atoms with Crippen LogP contribution in [0.25, 0.3) is 0 Å². The molecule has 1 aliphatic rings. The molecule has 0 bridgehead atoms. The molecule has 1 heterocycles. The second-order valence-electron chi connectivity index (χ2n) is 5.42. The van der Waals surface area contributed by atoms with E-state index in [1.807, 2.05) is 0 Å². The molecule has 1 aromatic carbocycles. The molecule has 110 valence electrons. The Morgan fingerprint density at radius 1 is 1.55 bits per heavy atom. The minimum Gasteiger partial charge on any atom is -0.338 e. The van der Waals surface area contributed by atoms with Crippen molar-refractivity contribution in [1.29, 1.82) is 0 Å². The van der Waals surface area contributed by atoms with Crippen LogP contribution in [-0.2, 0) is 0 Å². The van der Waals surface area contributed by atoms with Crippen molar-refractivity contribution >= 4 is 17.5 Å². The summed E-state index contributed by atoms with van der Waals surface area (Å²) in [4.78, 5) is 14.2. The number of rotatable bonds is 3. The minimum absolute atomic E-state index is 0.185. The zero-order chi connectivity index (χ0) is 14.7. The van der Waals surface area contributed by atoms with E-state index in [1.165, 1.54) is 12.1 Å². The Balaban J connectivity index is 2.16. The number of benzene rings is 1. The minimum atomic E-state index is -0.395. The van der Waals surface area contributed by atoms with Gasteiger partial charge in [0.15, 0.2) is 0 Å². The third-order valence-electron chi connectivity index (χ3n) is 3.86. The molecule has 0 aliphatic carbocycles. The molecular formula is C15H20ClFN2O. The number of hydrogen-bond donors (Lipinski definition) is 1. The Morgan fingerprint density at radius 3 is 3.00 bits per heavy atom. The summed E-state index contributed by atoms with van der Waals surface area (Å²) in [6.07, 6.45) is 2.97. The molecule has 0 saturated carbocycles. The van der Waals surface area contributed by atoms with Crippen molar-refractivity contribution < 1.29 is 9.18 Å². The molecule has 1 unspecified atom stereocenters. The van der Waals surface area contributed by atoms with Gasteiger partial charge in [0, 0.05) is 13.1 Å². The summed E-state index contributed by atoms with van der Waals surface area (Å²) < 4.78 is 13.6. The maximum atomic E-state index is 13.6. The van der Waals surface area contributed by atoms with Gasteiger partial charge in [0.2, 0.25) is 0 Å². The van der Waals surface area contributed by atoms with Crippen molar-refractivity contribution in [3.63, 3.8) is 0 Å². The predicted molar refractivity (Wildman–Crippen MR) is 78.4 cm³/mol. The van der Waals surface area contributed by atoms with Crippen LogP contribution in [-0.4, -0.2) is 30.4 Å². The Labute approximate surface area is 123 Å². The number of amides is 1. The van der Waals surface area contributed by atoms with E-state index in [0.717, 1.165) is 19.3 Å². The summed E-state index contributed by atoms with van der Waals surface area (Å²) in [7, 11) is 0. The third kappa shape index (κ3) is 3.30. The summed E-state index contributed by atoms with van der Waals surface area (Å²) in [5.74, 6) is -0.143. The van der Waals surface area contributed by atoms with E-state index in [9.17, 15) is 9.18 Å². The van der Waals surface area contributed by atoms with E-state index in [1.54, 1.807) is 11.8 Å². The van der Waals surface area contributed by atoms with Crippen LogP contribution in [0.2, 0.25) is 5.02 Å². The average molecular weight is 299 g/mol. The van der Waals surface area contributed by atoms with Crippen molar-refractivity contribution in [2.75, 3.05) is 19.6 Å². The molecule has 3 nitrogen and oxygen atoms in total. The number of likely N-dealkylation sites (tertiary alicyclic amines) is 1. The van der Waals surface area contributed by atoms with Gasteiger partial charge in [0.1, 0.15) is 5.82 Å². The van der Waals surface area contributed by atoms with Gasteiger partial charge in [0.25, 0.3) is 5.91 Å². The Hall–Kier alpha value is -1.13. The summed E-state index contributed by atoms with van der Waals surface area (Å²) in [6.45, 7) is 3.65. The van der Waals surface area contributed by atoms with Gasteiger partial charge in [-0.1, -0.05) is 11.6 Å². The zero-order valence-corrected chi connectivity index (χ0v) is 12.4. The van der Waals surface area contributed by atoms with E-state index >= 15 is 0 Å². The average Bonchev–Trinajstić information content (AvgIpc) is 2.43. The fourth-order valence-corrected chi connectivity index (χ4v) is 3.00. The van der Waals surface area contributed by atoms with Crippen molar-refractivity contribution in [1.82, 2.24) is 4.90 Å². The molecule has 20 heavy (non-hydrogen) atoms. The largest absolute Gasteiger partial charge is 0.338 e. The summed E-state index contributed by atoms with van der Waals surface area (Å²) in [6, 6.07) is 2.75. The first-order chi connectivity index (χ1) is 9.52. The predicted octanol–water partition coefficient (Wildman–Crippen LogP) is 2.99. The topological polar surface area (TPSA) is 46.3 Å². The molecule has 1 atom stereocenters. The van der Waals surface area contributed by atoms with Crippen LogP contribution < -0.4 is 5.73 Å². The molecule has 1 fully saturated rings. The molecule has 1 saturated heterocycles. The van der Waals surface area contributed by atoms with Crippen molar-refractivity contribution in [2.24, 2.45) is 11.7 Å². The first kappa shape index (κ1) is 15.3. The lowest BCUT2D eigenvalue weighted by molar-refractivity contribution is 0.0669. The van der Waals surface area contributed by atoms with E-state index in [0.29, 0.717) is 36.1 Å². The van der Waals surface area contributed by atoms with Crippen LogP contribution in [0.3, 0.4) is 0 Å². The molecular weight excluding hydrogens is 279 g/mol. The number of nitrogens with zero attached hydrogens (tertiary/aromatic N) is 1. The summed E-state index contributed by atoms with van der Waals surface area (Å²) in [5.41, 5.74) is 6.28. The second-order valence-corrected chi connectivity index (χ2v) is 5.83. The van der Waals surface area contributed by atoms with Crippen LogP contribution in [0.1, 0.15) is 35.2 Å². The number of carbonyl (C=O) groups is 1. The van der Waals surface area contributed by atoms with Gasteiger partial charge >= 0.3 is 0 Å². The lowest BCUT2D eigenvalue weighted by Gasteiger charge is -2.33. The van der Waals surface area contributed by atoms with Crippen LogP contribution >= 0.6 is 11.6 Å². The fraction of sp³-hybridized carbons (Fsp3) is 0.533. The van der Waals surface area contributed by atoms with Crippen LogP contribution in [0.15, 0.2) is 12.1 Å². The molecule has 0 aromatic heterocycles. The second kappa shape index (κ2) is 6.55. The van der Waals surface area contributed by atoms with E-state index in [-0.39, 0.29) is 11.5 Å². The van der Waals surface area contributed by atoms with E-state index < -0.39 is 5.82 Å². The molecule has 2 rings (SSSR count). The first-order valence-electron chi connectivity index (χ1n) is 6.98. The van der Waals surface area contributed by atoms with Gasteiger partial charge in [-0.3, -0.25) is 4.79 Å². The van der Waals surface area contributed by atoms with Crippen molar-refractivity contribution in [2.45, 2.75) is 26.2 Å². The van der Waals surface area contributed by atoms with Gasteiger partial charge in [-0.15, -0.1) is 0 Å². The molecule has 2 N–H and O–H groups in total. The number of piperidine rings is 1. The Kier molecular flexibility index (Phi) is 5.00. The summed E-state index contributed by atoms with van der Waals surface area (Å²) in [5, 5.41) is 0.315. The van der Waals surface area contributed by atoms with Gasteiger partial charge < -0.3 is 10.6 Å². The normalized spacial score (nSPS) is 19.2.